The van der Waals surface area contributed by atoms with E-state index in [1.807, 2.05) is 6.92 Å². The number of benzene rings is 2. The third kappa shape index (κ3) is 5.19. The van der Waals surface area contributed by atoms with E-state index in [0.717, 1.165) is 22.7 Å². The van der Waals surface area contributed by atoms with Gasteiger partial charge in [-0.3, -0.25) is 9.10 Å². The average molecular weight is 394 g/mol. The Labute approximate surface area is 159 Å². The van der Waals surface area contributed by atoms with Gasteiger partial charge in [-0.1, -0.05) is 19.1 Å². The van der Waals surface area contributed by atoms with Crippen molar-refractivity contribution < 1.29 is 22.3 Å². The summed E-state index contributed by atoms with van der Waals surface area (Å²) in [5.41, 5.74) is 0.675. The van der Waals surface area contributed by atoms with Gasteiger partial charge in [0.15, 0.2) is 0 Å². The molecule has 6 nitrogen and oxygen atoms in total. The molecule has 0 saturated carbocycles. The summed E-state index contributed by atoms with van der Waals surface area (Å²) in [6.45, 7) is 3.96. The lowest BCUT2D eigenvalue weighted by Gasteiger charge is -2.30. The molecular weight excluding hydrogens is 371 g/mol. The summed E-state index contributed by atoms with van der Waals surface area (Å²) in [6, 6.07) is 10.9. The number of para-hydroxylation sites is 2. The number of ether oxygens (including phenoxy) is 1. The maximum absolute atomic E-state index is 13.2. The van der Waals surface area contributed by atoms with Crippen LogP contribution in [0.15, 0.2) is 48.5 Å². The number of nitrogens with one attached hydrogen (secondary N) is 1. The highest BCUT2D eigenvalue weighted by atomic mass is 32.2. The van der Waals surface area contributed by atoms with Gasteiger partial charge in [-0.15, -0.1) is 0 Å². The van der Waals surface area contributed by atoms with Crippen LogP contribution < -0.4 is 14.4 Å². The fourth-order valence-electron chi connectivity index (χ4n) is 2.72. The Bertz CT molecular complexity index is 885. The number of hydrogen-bond donors (Lipinski definition) is 1. The molecule has 1 amide bonds. The zero-order valence-corrected chi connectivity index (χ0v) is 16.3. The fraction of sp³-hybridized carbons (Fsp3) is 0.316. The van der Waals surface area contributed by atoms with Crippen LogP contribution in [0.2, 0.25) is 0 Å². The summed E-state index contributed by atoms with van der Waals surface area (Å²) in [6.07, 6.45) is 1.24. The first kappa shape index (κ1) is 20.7. The molecule has 0 saturated heterocycles. The highest BCUT2D eigenvalue weighted by Crippen LogP contribution is 2.27. The number of nitrogens with zero attached hydrogens (tertiary/aromatic N) is 1. The Morgan fingerprint density at radius 1 is 1.15 bits per heavy atom. The van der Waals surface area contributed by atoms with Crippen molar-refractivity contribution in [2.45, 2.75) is 26.3 Å². The van der Waals surface area contributed by atoms with Gasteiger partial charge in [-0.05, 0) is 49.7 Å². The molecule has 0 fully saturated rings. The Kier molecular flexibility index (Phi) is 6.79. The second kappa shape index (κ2) is 8.85. The van der Waals surface area contributed by atoms with Crippen molar-refractivity contribution in [3.8, 4) is 5.75 Å². The van der Waals surface area contributed by atoms with Crippen LogP contribution in [0, 0.1) is 5.82 Å². The molecule has 0 radical (unpaired) electrons. The van der Waals surface area contributed by atoms with Crippen LogP contribution in [0.5, 0.6) is 5.75 Å². The van der Waals surface area contributed by atoms with Crippen molar-refractivity contribution in [2.24, 2.45) is 0 Å². The smallest absolute Gasteiger partial charge is 0.248 e. The Hall–Kier alpha value is -2.61. The Morgan fingerprint density at radius 2 is 1.78 bits per heavy atom. The van der Waals surface area contributed by atoms with E-state index in [9.17, 15) is 17.6 Å². The van der Waals surface area contributed by atoms with Crippen molar-refractivity contribution in [3.05, 3.63) is 54.3 Å². The molecule has 0 aromatic heterocycles. The van der Waals surface area contributed by atoms with Crippen LogP contribution in [-0.4, -0.2) is 33.2 Å². The van der Waals surface area contributed by atoms with E-state index in [-0.39, 0.29) is 12.1 Å². The van der Waals surface area contributed by atoms with Gasteiger partial charge in [0.25, 0.3) is 0 Å². The third-order valence-electron chi connectivity index (χ3n) is 3.86. The van der Waals surface area contributed by atoms with Crippen LogP contribution in [0.3, 0.4) is 0 Å². The zero-order chi connectivity index (χ0) is 20.0. The lowest BCUT2D eigenvalue weighted by atomic mass is 10.1. The Balaban J connectivity index is 2.37. The van der Waals surface area contributed by atoms with E-state index in [1.165, 1.54) is 12.1 Å². The highest BCUT2D eigenvalue weighted by Gasteiger charge is 2.31. The van der Waals surface area contributed by atoms with Gasteiger partial charge in [0.1, 0.15) is 17.6 Å². The van der Waals surface area contributed by atoms with Gasteiger partial charge in [-0.25, -0.2) is 12.8 Å². The first-order chi connectivity index (χ1) is 12.8. The molecule has 0 heterocycles. The van der Waals surface area contributed by atoms with Gasteiger partial charge in [-0.2, -0.15) is 0 Å². The molecule has 8 heteroatoms. The highest BCUT2D eigenvalue weighted by molar-refractivity contribution is 7.92. The zero-order valence-electron chi connectivity index (χ0n) is 15.5. The molecule has 0 bridgehead atoms. The van der Waals surface area contributed by atoms with E-state index in [0.29, 0.717) is 18.0 Å². The summed E-state index contributed by atoms with van der Waals surface area (Å²) in [5.74, 6) is -0.495. The summed E-state index contributed by atoms with van der Waals surface area (Å²) in [7, 11) is -3.78. The molecule has 2 rings (SSSR count). The number of carbonyl (C=O) groups is 1. The minimum absolute atomic E-state index is 0.221. The summed E-state index contributed by atoms with van der Waals surface area (Å²) < 4.78 is 44.5. The number of sulfonamides is 1. The van der Waals surface area contributed by atoms with Crippen molar-refractivity contribution in [1.29, 1.82) is 0 Å². The van der Waals surface area contributed by atoms with Gasteiger partial charge in [0.05, 0.1) is 24.2 Å². The van der Waals surface area contributed by atoms with E-state index in [1.54, 1.807) is 31.2 Å². The number of hydrogen-bond acceptors (Lipinski definition) is 4. The minimum atomic E-state index is -3.78. The van der Waals surface area contributed by atoms with Gasteiger partial charge in [0, 0.05) is 0 Å². The van der Waals surface area contributed by atoms with E-state index in [2.05, 4.69) is 5.32 Å². The minimum Gasteiger partial charge on any atom is -0.492 e. The summed E-state index contributed by atoms with van der Waals surface area (Å²) in [5, 5.41) is 2.74. The van der Waals surface area contributed by atoms with Crippen molar-refractivity contribution >= 4 is 27.3 Å². The summed E-state index contributed by atoms with van der Waals surface area (Å²) in [4.78, 5) is 12.9. The normalized spacial score (nSPS) is 12.3. The van der Waals surface area contributed by atoms with E-state index < -0.39 is 27.8 Å². The molecule has 146 valence electrons. The number of halogens is 1. The maximum Gasteiger partial charge on any atom is 0.248 e. The van der Waals surface area contributed by atoms with Gasteiger partial charge < -0.3 is 10.1 Å². The molecular formula is C19H23FN2O4S. The van der Waals surface area contributed by atoms with Crippen molar-refractivity contribution in [2.75, 3.05) is 22.5 Å². The van der Waals surface area contributed by atoms with Crippen molar-refractivity contribution in [1.82, 2.24) is 0 Å². The van der Waals surface area contributed by atoms with E-state index in [4.69, 9.17) is 4.74 Å². The molecule has 0 unspecified atom stereocenters. The molecule has 0 spiro atoms. The second-order valence-electron chi connectivity index (χ2n) is 5.88. The number of amides is 1. The lowest BCUT2D eigenvalue weighted by Crippen LogP contribution is -2.47. The molecule has 27 heavy (non-hydrogen) atoms. The second-order valence-corrected chi connectivity index (χ2v) is 7.74. The van der Waals surface area contributed by atoms with Gasteiger partial charge >= 0.3 is 0 Å². The Morgan fingerprint density at radius 3 is 2.33 bits per heavy atom. The maximum atomic E-state index is 13.2. The van der Waals surface area contributed by atoms with Crippen LogP contribution in [0.1, 0.15) is 20.3 Å². The molecule has 0 aliphatic carbocycles. The first-order valence-corrected chi connectivity index (χ1v) is 10.4. The topological polar surface area (TPSA) is 75.7 Å². The van der Waals surface area contributed by atoms with Crippen molar-refractivity contribution in [3.63, 3.8) is 0 Å². The van der Waals surface area contributed by atoms with Crippen LogP contribution in [-0.2, 0) is 14.8 Å². The molecule has 1 N–H and O–H groups in total. The predicted molar refractivity (Wildman–Crippen MR) is 104 cm³/mol. The lowest BCUT2D eigenvalue weighted by molar-refractivity contribution is -0.117. The summed E-state index contributed by atoms with van der Waals surface area (Å²) >= 11 is 0. The van der Waals surface area contributed by atoms with Gasteiger partial charge in [0.2, 0.25) is 15.9 Å². The van der Waals surface area contributed by atoms with E-state index >= 15 is 0 Å². The number of anilines is 2. The third-order valence-corrected chi connectivity index (χ3v) is 5.04. The average Bonchev–Trinajstić information content (AvgIpc) is 2.61. The van der Waals surface area contributed by atoms with Crippen LogP contribution in [0.4, 0.5) is 15.8 Å². The standard InChI is InChI=1S/C19H23FN2O4S/c1-4-17(19(23)21-16-8-6-7-9-18(16)26-5-2)22(27(3,24)25)15-12-10-14(20)11-13-15/h6-13,17H,4-5H2,1-3H3,(H,21,23)/t17-/m0/s1. The first-order valence-electron chi connectivity index (χ1n) is 8.55. The SMILES string of the molecule is CCOc1ccccc1NC(=O)[C@H](CC)N(c1ccc(F)cc1)S(C)(=O)=O. The number of rotatable bonds is 8. The predicted octanol–water partition coefficient (Wildman–Crippen LogP) is 3.41. The molecule has 2 aromatic rings. The molecule has 0 aliphatic heterocycles. The quantitative estimate of drug-likeness (QED) is 0.745. The molecule has 2 aromatic carbocycles. The van der Waals surface area contributed by atoms with Crippen LogP contribution in [0.25, 0.3) is 0 Å². The molecule has 0 aliphatic rings. The molecule has 1 atom stereocenters. The largest absolute Gasteiger partial charge is 0.492 e. The fourth-order valence-corrected chi connectivity index (χ4v) is 3.93. The van der Waals surface area contributed by atoms with Crippen LogP contribution >= 0.6 is 0 Å². The number of carbonyl (C=O) groups excluding carboxylic acids is 1. The monoisotopic (exact) mass is 394 g/mol.